The number of nitrogens with one attached hydrogen (secondary N) is 1. The molecule has 0 aliphatic rings. The molecule has 0 amide bonds. The van der Waals surface area contributed by atoms with Crippen LogP contribution in [0.3, 0.4) is 0 Å². The third kappa shape index (κ3) is 2.15. The van der Waals surface area contributed by atoms with Gasteiger partial charge in [-0.15, -0.1) is 0 Å². The first-order valence-electron chi connectivity index (χ1n) is 4.68. The second-order valence-electron chi connectivity index (χ2n) is 3.45. The molecule has 0 saturated heterocycles. The van der Waals surface area contributed by atoms with E-state index in [-0.39, 0.29) is 5.82 Å². The van der Waals surface area contributed by atoms with Crippen LogP contribution in [0.25, 0.3) is 0 Å². The zero-order valence-electron chi connectivity index (χ0n) is 8.66. The lowest BCUT2D eigenvalue weighted by molar-refractivity contribution is 0.628. The molecule has 78 valence electrons. The van der Waals surface area contributed by atoms with Gasteiger partial charge in [0.2, 0.25) is 5.95 Å². The standard InChI is InChI=1S/C11H12FN3/c1-8-7-15(2)11(13-8)14-10-5-3-4-9(12)6-10/h3-7H,1-2H3,(H,13,14). The van der Waals surface area contributed by atoms with Gasteiger partial charge in [0.1, 0.15) is 5.82 Å². The number of hydrogen-bond donors (Lipinski definition) is 1. The smallest absolute Gasteiger partial charge is 0.207 e. The SMILES string of the molecule is Cc1cn(C)c(Nc2cccc(F)c2)n1. The summed E-state index contributed by atoms with van der Waals surface area (Å²) in [4.78, 5) is 4.26. The first kappa shape index (κ1) is 9.71. The Hall–Kier alpha value is -1.84. The van der Waals surface area contributed by atoms with Crippen LogP contribution in [0.2, 0.25) is 0 Å². The van der Waals surface area contributed by atoms with Crippen LogP contribution in [0.1, 0.15) is 5.69 Å². The second kappa shape index (κ2) is 3.73. The highest BCUT2D eigenvalue weighted by atomic mass is 19.1. The maximum atomic E-state index is 12.9. The fourth-order valence-electron chi connectivity index (χ4n) is 1.43. The lowest BCUT2D eigenvalue weighted by atomic mass is 10.3. The monoisotopic (exact) mass is 205 g/mol. The summed E-state index contributed by atoms with van der Waals surface area (Å²) < 4.78 is 14.8. The van der Waals surface area contributed by atoms with Gasteiger partial charge in [-0.1, -0.05) is 6.07 Å². The maximum Gasteiger partial charge on any atom is 0.207 e. The van der Waals surface area contributed by atoms with Gasteiger partial charge in [-0.3, -0.25) is 0 Å². The van der Waals surface area contributed by atoms with E-state index in [0.29, 0.717) is 11.6 Å². The molecule has 0 radical (unpaired) electrons. The summed E-state index contributed by atoms with van der Waals surface area (Å²) in [6.07, 6.45) is 1.90. The minimum absolute atomic E-state index is 0.258. The van der Waals surface area contributed by atoms with Crippen molar-refractivity contribution in [2.24, 2.45) is 7.05 Å². The van der Waals surface area contributed by atoms with Crippen LogP contribution < -0.4 is 5.32 Å². The molecule has 3 nitrogen and oxygen atoms in total. The van der Waals surface area contributed by atoms with E-state index >= 15 is 0 Å². The molecule has 2 rings (SSSR count). The van der Waals surface area contributed by atoms with Gasteiger partial charge in [0.25, 0.3) is 0 Å². The molecule has 2 aromatic rings. The van der Waals surface area contributed by atoms with Crippen molar-refractivity contribution in [1.82, 2.24) is 9.55 Å². The highest BCUT2D eigenvalue weighted by Crippen LogP contribution is 2.15. The number of rotatable bonds is 2. The molecule has 0 aliphatic heterocycles. The minimum Gasteiger partial charge on any atom is -0.326 e. The van der Waals surface area contributed by atoms with E-state index in [1.807, 2.05) is 24.7 Å². The lowest BCUT2D eigenvalue weighted by Gasteiger charge is -2.05. The molecule has 0 fully saturated rings. The lowest BCUT2D eigenvalue weighted by Crippen LogP contribution is -1.98. The van der Waals surface area contributed by atoms with E-state index in [1.165, 1.54) is 12.1 Å². The predicted molar refractivity (Wildman–Crippen MR) is 57.6 cm³/mol. The Labute approximate surface area is 87.6 Å². The predicted octanol–water partition coefficient (Wildman–Crippen LogP) is 2.61. The van der Waals surface area contributed by atoms with Crippen molar-refractivity contribution >= 4 is 11.6 Å². The van der Waals surface area contributed by atoms with Gasteiger partial charge < -0.3 is 9.88 Å². The quantitative estimate of drug-likeness (QED) is 0.816. The summed E-state index contributed by atoms with van der Waals surface area (Å²) >= 11 is 0. The summed E-state index contributed by atoms with van der Waals surface area (Å²) in [5.74, 6) is 0.448. The Balaban J connectivity index is 2.25. The average molecular weight is 205 g/mol. The first-order chi connectivity index (χ1) is 7.15. The molecule has 15 heavy (non-hydrogen) atoms. The zero-order valence-corrected chi connectivity index (χ0v) is 8.66. The number of nitrogens with zero attached hydrogens (tertiary/aromatic N) is 2. The summed E-state index contributed by atoms with van der Waals surface area (Å²) in [5.41, 5.74) is 1.63. The van der Waals surface area contributed by atoms with Crippen LogP contribution in [0.4, 0.5) is 16.0 Å². The third-order valence-corrected chi connectivity index (χ3v) is 2.08. The highest BCUT2D eigenvalue weighted by molar-refractivity contribution is 5.53. The summed E-state index contributed by atoms with van der Waals surface area (Å²) in [5, 5.41) is 3.05. The molecule has 1 aromatic heterocycles. The van der Waals surface area contributed by atoms with Crippen molar-refractivity contribution in [2.45, 2.75) is 6.92 Å². The normalized spacial score (nSPS) is 10.3. The molecule has 1 heterocycles. The number of anilines is 2. The third-order valence-electron chi connectivity index (χ3n) is 2.08. The van der Waals surface area contributed by atoms with Gasteiger partial charge in [-0.05, 0) is 25.1 Å². The molecular weight excluding hydrogens is 193 g/mol. The highest BCUT2D eigenvalue weighted by Gasteiger charge is 2.02. The van der Waals surface area contributed by atoms with Crippen molar-refractivity contribution < 1.29 is 4.39 Å². The van der Waals surface area contributed by atoms with E-state index in [1.54, 1.807) is 12.1 Å². The molecule has 0 unspecified atom stereocenters. The van der Waals surface area contributed by atoms with Gasteiger partial charge in [0.15, 0.2) is 0 Å². The Morgan fingerprint density at radius 2 is 2.20 bits per heavy atom. The fraction of sp³-hybridized carbons (Fsp3) is 0.182. The van der Waals surface area contributed by atoms with Crippen LogP contribution in [0.5, 0.6) is 0 Å². The number of halogens is 1. The first-order valence-corrected chi connectivity index (χ1v) is 4.68. The number of imidazole rings is 1. The van der Waals surface area contributed by atoms with Crippen molar-refractivity contribution in [2.75, 3.05) is 5.32 Å². The van der Waals surface area contributed by atoms with E-state index < -0.39 is 0 Å². The van der Waals surface area contributed by atoms with E-state index in [4.69, 9.17) is 0 Å². The van der Waals surface area contributed by atoms with Crippen LogP contribution in [-0.4, -0.2) is 9.55 Å². The molecule has 1 aromatic carbocycles. The van der Waals surface area contributed by atoms with Gasteiger partial charge in [-0.2, -0.15) is 0 Å². The molecule has 1 N–H and O–H groups in total. The van der Waals surface area contributed by atoms with E-state index in [9.17, 15) is 4.39 Å². The Kier molecular flexibility index (Phi) is 2.41. The summed E-state index contributed by atoms with van der Waals surface area (Å²) in [7, 11) is 1.89. The minimum atomic E-state index is -0.258. The molecule has 4 heteroatoms. The Bertz CT molecular complexity index is 476. The van der Waals surface area contributed by atoms with Crippen molar-refractivity contribution in [3.8, 4) is 0 Å². The van der Waals surface area contributed by atoms with Crippen LogP contribution in [-0.2, 0) is 7.05 Å². The Morgan fingerprint density at radius 3 is 2.80 bits per heavy atom. The topological polar surface area (TPSA) is 29.9 Å². The zero-order chi connectivity index (χ0) is 10.8. The largest absolute Gasteiger partial charge is 0.326 e. The van der Waals surface area contributed by atoms with E-state index in [0.717, 1.165) is 5.69 Å². The van der Waals surface area contributed by atoms with Crippen molar-refractivity contribution in [3.05, 3.63) is 42.0 Å². The Morgan fingerprint density at radius 1 is 1.40 bits per heavy atom. The van der Waals surface area contributed by atoms with Crippen molar-refractivity contribution in [3.63, 3.8) is 0 Å². The number of hydrogen-bond acceptors (Lipinski definition) is 2. The summed E-state index contributed by atoms with van der Waals surface area (Å²) in [6, 6.07) is 6.30. The van der Waals surface area contributed by atoms with Gasteiger partial charge in [0.05, 0.1) is 5.69 Å². The molecule has 0 saturated carbocycles. The van der Waals surface area contributed by atoms with Gasteiger partial charge >= 0.3 is 0 Å². The van der Waals surface area contributed by atoms with E-state index in [2.05, 4.69) is 10.3 Å². The molecule has 0 bridgehead atoms. The second-order valence-corrected chi connectivity index (χ2v) is 3.45. The van der Waals surface area contributed by atoms with Gasteiger partial charge in [-0.25, -0.2) is 9.37 Å². The van der Waals surface area contributed by atoms with Crippen LogP contribution in [0, 0.1) is 12.7 Å². The molecular formula is C11H12FN3. The average Bonchev–Trinajstić information content (AvgIpc) is 2.45. The van der Waals surface area contributed by atoms with Crippen molar-refractivity contribution in [1.29, 1.82) is 0 Å². The summed E-state index contributed by atoms with van der Waals surface area (Å²) in [6.45, 7) is 1.91. The number of benzene rings is 1. The number of aromatic nitrogens is 2. The fourth-order valence-corrected chi connectivity index (χ4v) is 1.43. The molecule has 0 aliphatic carbocycles. The van der Waals surface area contributed by atoms with Crippen LogP contribution >= 0.6 is 0 Å². The number of aryl methyl sites for hydroxylation is 2. The molecule has 0 spiro atoms. The van der Waals surface area contributed by atoms with Crippen LogP contribution in [0.15, 0.2) is 30.5 Å². The van der Waals surface area contributed by atoms with Gasteiger partial charge in [0, 0.05) is 18.9 Å². The maximum absolute atomic E-state index is 12.9. The molecule has 0 atom stereocenters.